The Bertz CT molecular complexity index is 3570. The molecule has 3 heteroatoms. The van der Waals surface area contributed by atoms with Gasteiger partial charge in [0.15, 0.2) is 0 Å². The summed E-state index contributed by atoms with van der Waals surface area (Å²) in [4.78, 5) is 2.38. The summed E-state index contributed by atoms with van der Waals surface area (Å²) in [5.41, 5.74) is 15.7. The Morgan fingerprint density at radius 2 is 0.918 bits per heavy atom. The third kappa shape index (κ3) is 5.90. The van der Waals surface area contributed by atoms with Gasteiger partial charge >= 0.3 is 0 Å². The molecule has 286 valence electrons. The minimum absolute atomic E-state index is 0.849. The molecule has 0 amide bonds. The molecule has 0 bridgehead atoms. The number of hydrogen-bond acceptors (Lipinski definition) is 3. The quantitative estimate of drug-likeness (QED) is 0.161. The molecule has 2 heterocycles. The topological polar surface area (TPSA) is 29.5 Å². The Labute approximate surface area is 353 Å². The van der Waals surface area contributed by atoms with Crippen molar-refractivity contribution in [1.82, 2.24) is 0 Å². The Morgan fingerprint density at radius 3 is 1.69 bits per heavy atom. The predicted molar refractivity (Wildman–Crippen MR) is 255 cm³/mol. The molecule has 0 aliphatic rings. The lowest BCUT2D eigenvalue weighted by Gasteiger charge is -2.27. The second-order valence-electron chi connectivity index (χ2n) is 15.6. The van der Waals surface area contributed by atoms with Gasteiger partial charge in [0.05, 0.1) is 11.1 Å². The number of rotatable bonds is 7. The van der Waals surface area contributed by atoms with Crippen molar-refractivity contribution in [3.8, 4) is 44.5 Å². The highest BCUT2D eigenvalue weighted by atomic mass is 16.3. The van der Waals surface area contributed by atoms with Crippen LogP contribution in [0, 0.1) is 0 Å². The molecule has 0 fully saturated rings. The molecular weight excluding hydrogens is 743 g/mol. The summed E-state index contributed by atoms with van der Waals surface area (Å²) < 4.78 is 13.4. The zero-order valence-corrected chi connectivity index (χ0v) is 33.1. The van der Waals surface area contributed by atoms with Crippen molar-refractivity contribution in [2.24, 2.45) is 0 Å². The van der Waals surface area contributed by atoms with Gasteiger partial charge in [0.2, 0.25) is 0 Å². The summed E-state index contributed by atoms with van der Waals surface area (Å²) >= 11 is 0. The van der Waals surface area contributed by atoms with Crippen LogP contribution in [0.25, 0.3) is 99.2 Å². The van der Waals surface area contributed by atoms with Crippen molar-refractivity contribution in [2.75, 3.05) is 4.90 Å². The van der Waals surface area contributed by atoms with Crippen LogP contribution in [-0.4, -0.2) is 0 Å². The summed E-state index contributed by atoms with van der Waals surface area (Å²) in [5, 5.41) is 6.71. The van der Waals surface area contributed by atoms with E-state index in [1.165, 1.54) is 27.5 Å². The van der Waals surface area contributed by atoms with E-state index >= 15 is 0 Å². The van der Waals surface area contributed by atoms with E-state index in [1.807, 2.05) is 12.1 Å². The smallest absolute Gasteiger partial charge is 0.145 e. The molecule has 0 aliphatic heterocycles. The summed E-state index contributed by atoms with van der Waals surface area (Å²) in [7, 11) is 0. The summed E-state index contributed by atoms with van der Waals surface area (Å²) in [6.07, 6.45) is 0. The maximum atomic E-state index is 6.80. The Kier molecular flexibility index (Phi) is 8.17. The van der Waals surface area contributed by atoms with E-state index in [-0.39, 0.29) is 0 Å². The van der Waals surface area contributed by atoms with E-state index in [4.69, 9.17) is 8.83 Å². The van der Waals surface area contributed by atoms with Crippen molar-refractivity contribution in [3.63, 3.8) is 0 Å². The van der Waals surface area contributed by atoms with Crippen molar-refractivity contribution in [2.45, 2.75) is 0 Å². The first-order chi connectivity index (χ1) is 30.2. The lowest BCUT2D eigenvalue weighted by atomic mass is 9.89. The zero-order chi connectivity index (χ0) is 40.3. The summed E-state index contributed by atoms with van der Waals surface area (Å²) in [6, 6.07) is 79.8. The molecule has 0 atom stereocenters. The monoisotopic (exact) mass is 779 g/mol. The van der Waals surface area contributed by atoms with Crippen LogP contribution >= 0.6 is 0 Å². The highest BCUT2D eigenvalue weighted by Crippen LogP contribution is 2.48. The maximum Gasteiger partial charge on any atom is 0.145 e. The van der Waals surface area contributed by atoms with E-state index in [2.05, 4.69) is 217 Å². The van der Waals surface area contributed by atoms with Crippen LogP contribution in [0.5, 0.6) is 0 Å². The highest BCUT2D eigenvalue weighted by molar-refractivity contribution is 6.17. The number of furan rings is 2. The maximum absolute atomic E-state index is 6.80. The van der Waals surface area contributed by atoms with Gasteiger partial charge in [-0.15, -0.1) is 0 Å². The van der Waals surface area contributed by atoms with Gasteiger partial charge < -0.3 is 13.7 Å². The SMILES string of the molecule is c1ccc(-c2ccc3c(c2)oc2ccc(N(c4ccc(-c5c(-c6ccccc6)ccc6ccccc56)cc4)c4ccc(-c5ccccc5)c5oc6ccccc6c45)cc23)cc1. The number of fused-ring (bicyclic) bond motifs is 7. The van der Waals surface area contributed by atoms with Crippen LogP contribution in [-0.2, 0) is 0 Å². The standard InChI is InChI=1S/C58H37NO2/c1-4-14-38(15-5-1)43-27-32-49-51-37-45(30-35-54(51)60-55(49)36-43)59(52-34-33-48(40-18-8-3-9-19-40)58-57(52)50-22-12-13-23-53(50)61-58)44-28-24-42(25-29-44)56-46-21-11-10-20-41(46)26-31-47(56)39-16-6-2-7-17-39/h1-37H. The van der Waals surface area contributed by atoms with Crippen LogP contribution in [0.15, 0.2) is 233 Å². The zero-order valence-electron chi connectivity index (χ0n) is 33.1. The Balaban J connectivity index is 1.08. The van der Waals surface area contributed by atoms with Gasteiger partial charge in [0.1, 0.15) is 22.3 Å². The molecule has 0 unspecified atom stereocenters. The average Bonchev–Trinajstić information content (AvgIpc) is 3.91. The molecule has 10 aromatic carbocycles. The van der Waals surface area contributed by atoms with Crippen LogP contribution in [0.4, 0.5) is 17.1 Å². The fourth-order valence-electron chi connectivity index (χ4n) is 9.20. The van der Waals surface area contributed by atoms with Gasteiger partial charge in [-0.3, -0.25) is 0 Å². The largest absolute Gasteiger partial charge is 0.456 e. The minimum atomic E-state index is 0.849. The van der Waals surface area contributed by atoms with Crippen molar-refractivity contribution < 1.29 is 8.83 Å². The number of benzene rings is 10. The second-order valence-corrected chi connectivity index (χ2v) is 15.6. The number of nitrogens with zero attached hydrogens (tertiary/aromatic N) is 1. The Morgan fingerprint density at radius 1 is 0.311 bits per heavy atom. The van der Waals surface area contributed by atoms with Gasteiger partial charge in [0.25, 0.3) is 0 Å². The van der Waals surface area contributed by atoms with Gasteiger partial charge in [-0.25, -0.2) is 0 Å². The first kappa shape index (κ1) is 34.9. The van der Waals surface area contributed by atoms with Crippen molar-refractivity contribution >= 4 is 71.7 Å². The lowest BCUT2D eigenvalue weighted by Crippen LogP contribution is -2.10. The third-order valence-electron chi connectivity index (χ3n) is 12.1. The van der Waals surface area contributed by atoms with E-state index in [9.17, 15) is 0 Å². The molecule has 0 saturated carbocycles. The third-order valence-corrected chi connectivity index (χ3v) is 12.1. The molecule has 12 rings (SSSR count). The predicted octanol–water partition coefficient (Wildman–Crippen LogP) is 16.8. The second kappa shape index (κ2) is 14.3. The van der Waals surface area contributed by atoms with Gasteiger partial charge in [-0.2, -0.15) is 0 Å². The van der Waals surface area contributed by atoms with Crippen LogP contribution in [0.2, 0.25) is 0 Å². The van der Waals surface area contributed by atoms with Crippen LogP contribution in [0.1, 0.15) is 0 Å². The minimum Gasteiger partial charge on any atom is -0.456 e. The Hall–Kier alpha value is -8.14. The first-order valence-electron chi connectivity index (χ1n) is 20.7. The fraction of sp³-hybridized carbons (Fsp3) is 0. The van der Waals surface area contributed by atoms with Gasteiger partial charge in [-0.1, -0.05) is 164 Å². The number of para-hydroxylation sites is 1. The van der Waals surface area contributed by atoms with E-state index < -0.39 is 0 Å². The number of hydrogen-bond donors (Lipinski definition) is 0. The molecule has 0 saturated heterocycles. The van der Waals surface area contributed by atoms with Gasteiger partial charge in [-0.05, 0) is 110 Å². The average molecular weight is 780 g/mol. The van der Waals surface area contributed by atoms with E-state index in [0.29, 0.717) is 0 Å². The number of anilines is 3. The molecule has 61 heavy (non-hydrogen) atoms. The normalized spacial score (nSPS) is 11.6. The molecule has 0 aliphatic carbocycles. The van der Waals surface area contributed by atoms with Crippen LogP contribution in [0.3, 0.4) is 0 Å². The molecule has 3 nitrogen and oxygen atoms in total. The van der Waals surface area contributed by atoms with E-state index in [1.54, 1.807) is 0 Å². The molecule has 0 N–H and O–H groups in total. The van der Waals surface area contributed by atoms with E-state index in [0.717, 1.165) is 88.8 Å². The van der Waals surface area contributed by atoms with Gasteiger partial charge in [0, 0.05) is 33.1 Å². The summed E-state index contributed by atoms with van der Waals surface area (Å²) in [6.45, 7) is 0. The van der Waals surface area contributed by atoms with Crippen LogP contribution < -0.4 is 4.90 Å². The highest BCUT2D eigenvalue weighted by Gasteiger charge is 2.23. The molecule has 2 aromatic heterocycles. The molecule has 0 radical (unpaired) electrons. The molecule has 12 aromatic rings. The first-order valence-corrected chi connectivity index (χ1v) is 20.7. The fourth-order valence-corrected chi connectivity index (χ4v) is 9.20. The summed E-state index contributed by atoms with van der Waals surface area (Å²) in [5.74, 6) is 0. The molecule has 0 spiro atoms. The molecular formula is C58H37NO2. The van der Waals surface area contributed by atoms with Crippen molar-refractivity contribution in [1.29, 1.82) is 0 Å². The lowest BCUT2D eigenvalue weighted by molar-refractivity contribution is 0.669. The van der Waals surface area contributed by atoms with Crippen molar-refractivity contribution in [3.05, 3.63) is 224 Å².